The van der Waals surface area contributed by atoms with E-state index in [1.165, 1.54) is 12.3 Å². The number of H-pyrrole nitrogens is 1. The third-order valence-electron chi connectivity index (χ3n) is 2.33. The Balaban J connectivity index is 2.32. The number of thiophene rings is 1. The number of nitrogens with one attached hydrogen (secondary N) is 1. The fourth-order valence-electron chi connectivity index (χ4n) is 1.63. The topological polar surface area (TPSA) is 28.7 Å². The van der Waals surface area contributed by atoms with Gasteiger partial charge in [0.15, 0.2) is 0 Å². The standard InChI is InChI=1S/C11H7FN2S/c12-8-3-9-10(7-1-2-15-6-7)5-14-11(9)13-4-8/h1-6H,(H,13,14). The van der Waals surface area contributed by atoms with Gasteiger partial charge in [0.1, 0.15) is 11.5 Å². The molecule has 0 saturated carbocycles. The van der Waals surface area contributed by atoms with Gasteiger partial charge in [0.25, 0.3) is 0 Å². The predicted octanol–water partition coefficient (Wildman–Crippen LogP) is 3.43. The minimum absolute atomic E-state index is 0.307. The summed E-state index contributed by atoms with van der Waals surface area (Å²) in [6.45, 7) is 0. The first-order chi connectivity index (χ1) is 7.34. The van der Waals surface area contributed by atoms with Crippen LogP contribution in [0.5, 0.6) is 0 Å². The van der Waals surface area contributed by atoms with Crippen molar-refractivity contribution < 1.29 is 4.39 Å². The third kappa shape index (κ3) is 1.34. The van der Waals surface area contributed by atoms with E-state index in [1.807, 2.05) is 23.0 Å². The quantitative estimate of drug-likeness (QED) is 0.666. The Morgan fingerprint density at radius 1 is 1.40 bits per heavy atom. The molecule has 3 aromatic heterocycles. The van der Waals surface area contributed by atoms with Crippen LogP contribution in [-0.4, -0.2) is 9.97 Å². The van der Waals surface area contributed by atoms with E-state index in [4.69, 9.17) is 0 Å². The maximum atomic E-state index is 13.1. The lowest BCUT2D eigenvalue weighted by molar-refractivity contribution is 0.624. The Bertz CT molecular complexity index is 598. The summed E-state index contributed by atoms with van der Waals surface area (Å²) < 4.78 is 13.1. The highest BCUT2D eigenvalue weighted by Crippen LogP contribution is 2.29. The zero-order valence-corrected chi connectivity index (χ0v) is 8.51. The largest absolute Gasteiger partial charge is 0.346 e. The Kier molecular flexibility index (Phi) is 1.82. The number of hydrogen-bond acceptors (Lipinski definition) is 2. The Morgan fingerprint density at radius 2 is 2.33 bits per heavy atom. The summed E-state index contributed by atoms with van der Waals surface area (Å²) >= 11 is 1.62. The van der Waals surface area contributed by atoms with Crippen LogP contribution >= 0.6 is 11.3 Å². The summed E-state index contributed by atoms with van der Waals surface area (Å²) in [6.07, 6.45) is 3.08. The van der Waals surface area contributed by atoms with E-state index in [0.717, 1.165) is 22.2 Å². The molecular weight excluding hydrogens is 211 g/mol. The number of aromatic amines is 1. The van der Waals surface area contributed by atoms with E-state index in [2.05, 4.69) is 9.97 Å². The van der Waals surface area contributed by atoms with Crippen molar-refractivity contribution in [1.29, 1.82) is 0 Å². The van der Waals surface area contributed by atoms with Crippen molar-refractivity contribution in [3.05, 3.63) is 41.1 Å². The van der Waals surface area contributed by atoms with Crippen LogP contribution in [0.4, 0.5) is 4.39 Å². The SMILES string of the molecule is Fc1cnc2[nH]cc(-c3ccsc3)c2c1. The fourth-order valence-corrected chi connectivity index (χ4v) is 2.29. The smallest absolute Gasteiger partial charge is 0.142 e. The van der Waals surface area contributed by atoms with Gasteiger partial charge in [-0.1, -0.05) is 0 Å². The number of nitrogens with zero attached hydrogens (tertiary/aromatic N) is 1. The molecule has 0 spiro atoms. The van der Waals surface area contributed by atoms with E-state index in [-0.39, 0.29) is 5.82 Å². The van der Waals surface area contributed by atoms with Gasteiger partial charge < -0.3 is 4.98 Å². The molecule has 0 radical (unpaired) electrons. The molecule has 0 unspecified atom stereocenters. The highest BCUT2D eigenvalue weighted by atomic mass is 32.1. The first kappa shape index (κ1) is 8.61. The zero-order chi connectivity index (χ0) is 10.3. The highest BCUT2D eigenvalue weighted by Gasteiger charge is 2.07. The maximum Gasteiger partial charge on any atom is 0.142 e. The molecule has 0 saturated heterocycles. The van der Waals surface area contributed by atoms with Crippen LogP contribution in [0.25, 0.3) is 22.2 Å². The lowest BCUT2D eigenvalue weighted by atomic mass is 10.1. The first-order valence-corrected chi connectivity index (χ1v) is 5.44. The summed E-state index contributed by atoms with van der Waals surface area (Å²) in [5.74, 6) is -0.307. The molecule has 74 valence electrons. The molecule has 0 aliphatic carbocycles. The summed E-state index contributed by atoms with van der Waals surface area (Å²) in [5.41, 5.74) is 2.81. The zero-order valence-electron chi connectivity index (χ0n) is 7.70. The van der Waals surface area contributed by atoms with E-state index < -0.39 is 0 Å². The van der Waals surface area contributed by atoms with Crippen molar-refractivity contribution in [1.82, 2.24) is 9.97 Å². The van der Waals surface area contributed by atoms with Crippen LogP contribution in [0.1, 0.15) is 0 Å². The van der Waals surface area contributed by atoms with Crippen LogP contribution in [0, 0.1) is 5.82 Å². The van der Waals surface area contributed by atoms with Crippen LogP contribution in [0.15, 0.2) is 35.3 Å². The highest BCUT2D eigenvalue weighted by molar-refractivity contribution is 7.08. The summed E-state index contributed by atoms with van der Waals surface area (Å²) in [5, 5.41) is 4.86. The molecule has 1 N–H and O–H groups in total. The summed E-state index contributed by atoms with van der Waals surface area (Å²) in [7, 11) is 0. The predicted molar refractivity (Wildman–Crippen MR) is 59.4 cm³/mol. The van der Waals surface area contributed by atoms with E-state index >= 15 is 0 Å². The number of rotatable bonds is 1. The second kappa shape index (κ2) is 3.17. The molecule has 4 heteroatoms. The van der Waals surface area contributed by atoms with Crippen molar-refractivity contribution in [3.8, 4) is 11.1 Å². The van der Waals surface area contributed by atoms with Crippen molar-refractivity contribution in [2.24, 2.45) is 0 Å². The molecule has 0 aliphatic heterocycles. The van der Waals surface area contributed by atoms with Gasteiger partial charge in [0.2, 0.25) is 0 Å². The maximum absolute atomic E-state index is 13.1. The number of pyridine rings is 1. The number of aromatic nitrogens is 2. The first-order valence-electron chi connectivity index (χ1n) is 4.50. The van der Waals surface area contributed by atoms with Gasteiger partial charge in [-0.15, -0.1) is 0 Å². The van der Waals surface area contributed by atoms with Crippen molar-refractivity contribution in [2.75, 3.05) is 0 Å². The number of hydrogen-bond donors (Lipinski definition) is 1. The van der Waals surface area contributed by atoms with Crippen molar-refractivity contribution in [3.63, 3.8) is 0 Å². The molecule has 3 rings (SSSR count). The summed E-state index contributed by atoms with van der Waals surface area (Å²) in [6, 6.07) is 3.52. The van der Waals surface area contributed by atoms with Crippen molar-refractivity contribution in [2.45, 2.75) is 0 Å². The van der Waals surface area contributed by atoms with Crippen LogP contribution in [0.2, 0.25) is 0 Å². The van der Waals surface area contributed by atoms with Crippen LogP contribution in [-0.2, 0) is 0 Å². The molecule has 0 bridgehead atoms. The Labute approximate surface area is 89.4 Å². The van der Waals surface area contributed by atoms with Gasteiger partial charge in [-0.05, 0) is 28.5 Å². The minimum atomic E-state index is -0.307. The fraction of sp³-hybridized carbons (Fsp3) is 0. The molecule has 0 fully saturated rings. The summed E-state index contributed by atoms with van der Waals surface area (Å²) in [4.78, 5) is 7.01. The van der Waals surface area contributed by atoms with Crippen molar-refractivity contribution >= 4 is 22.4 Å². The Morgan fingerprint density at radius 3 is 3.13 bits per heavy atom. The van der Waals surface area contributed by atoms with E-state index in [9.17, 15) is 4.39 Å². The van der Waals surface area contributed by atoms with Crippen LogP contribution in [0.3, 0.4) is 0 Å². The normalized spacial score (nSPS) is 11.0. The monoisotopic (exact) mass is 218 g/mol. The molecule has 0 aliphatic rings. The number of halogens is 1. The molecular formula is C11H7FN2S. The molecule has 0 amide bonds. The van der Waals surface area contributed by atoms with Gasteiger partial charge in [-0.2, -0.15) is 11.3 Å². The van der Waals surface area contributed by atoms with Gasteiger partial charge >= 0.3 is 0 Å². The van der Waals surface area contributed by atoms with E-state index in [0.29, 0.717) is 0 Å². The average Bonchev–Trinajstić information content (AvgIpc) is 2.83. The van der Waals surface area contributed by atoms with E-state index in [1.54, 1.807) is 11.3 Å². The lowest BCUT2D eigenvalue weighted by Crippen LogP contribution is -1.79. The molecule has 0 atom stereocenters. The molecule has 2 nitrogen and oxygen atoms in total. The van der Waals surface area contributed by atoms with Gasteiger partial charge in [-0.25, -0.2) is 9.37 Å². The third-order valence-corrected chi connectivity index (χ3v) is 3.01. The number of fused-ring (bicyclic) bond motifs is 1. The van der Waals surface area contributed by atoms with Gasteiger partial charge in [-0.3, -0.25) is 0 Å². The van der Waals surface area contributed by atoms with Crippen LogP contribution < -0.4 is 0 Å². The lowest BCUT2D eigenvalue weighted by Gasteiger charge is -1.94. The second-order valence-electron chi connectivity index (χ2n) is 3.26. The molecule has 3 aromatic rings. The minimum Gasteiger partial charge on any atom is -0.346 e. The molecule has 3 heterocycles. The Hall–Kier alpha value is -1.68. The van der Waals surface area contributed by atoms with Gasteiger partial charge in [0, 0.05) is 17.1 Å². The van der Waals surface area contributed by atoms with Gasteiger partial charge in [0.05, 0.1) is 6.20 Å². The second-order valence-corrected chi connectivity index (χ2v) is 4.04. The molecule has 0 aromatic carbocycles. The molecule has 15 heavy (non-hydrogen) atoms. The average molecular weight is 218 g/mol.